The second-order valence-corrected chi connectivity index (χ2v) is 6.69. The zero-order chi connectivity index (χ0) is 20.4. The van der Waals surface area contributed by atoms with Crippen LogP contribution in [0.15, 0.2) is 58.1 Å². The van der Waals surface area contributed by atoms with E-state index in [0.29, 0.717) is 33.9 Å². The number of nitrogens with one attached hydrogen (secondary N) is 1. The van der Waals surface area contributed by atoms with Crippen LogP contribution in [-0.2, 0) is 11.3 Å². The summed E-state index contributed by atoms with van der Waals surface area (Å²) in [5, 5.41) is 7.31. The Hall–Kier alpha value is -3.81. The monoisotopic (exact) mass is 389 g/mol. The highest BCUT2D eigenvalue weighted by molar-refractivity contribution is 5.94. The van der Waals surface area contributed by atoms with E-state index in [1.807, 2.05) is 31.2 Å². The van der Waals surface area contributed by atoms with Gasteiger partial charge in [-0.2, -0.15) is 4.98 Å². The van der Waals surface area contributed by atoms with Crippen molar-refractivity contribution in [2.75, 3.05) is 5.32 Å². The molecule has 4 rings (SSSR count). The minimum atomic E-state index is -0.228. The lowest BCUT2D eigenvalue weighted by Gasteiger charge is -2.10. The first-order chi connectivity index (χ1) is 14.0. The van der Waals surface area contributed by atoms with Gasteiger partial charge in [0, 0.05) is 25.5 Å². The van der Waals surface area contributed by atoms with Crippen LogP contribution in [0.4, 0.5) is 5.69 Å². The van der Waals surface area contributed by atoms with Crippen LogP contribution < -0.4 is 10.9 Å². The molecule has 1 N–H and O–H groups in total. The molecular formula is C21H19N5O3. The number of para-hydroxylation sites is 2. The summed E-state index contributed by atoms with van der Waals surface area (Å²) in [6, 6.07) is 12.7. The fourth-order valence-electron chi connectivity index (χ4n) is 3.13. The quantitative estimate of drug-likeness (QED) is 0.563. The van der Waals surface area contributed by atoms with E-state index in [-0.39, 0.29) is 24.4 Å². The SMILES string of the molecule is Cc1nc(-c2ccccc2NC(=O)CCn2cnc3c(C)cccc3c2=O)no1. The normalized spacial score (nSPS) is 11.0. The van der Waals surface area contributed by atoms with Crippen LogP contribution >= 0.6 is 0 Å². The Bertz CT molecular complexity index is 1260. The number of amides is 1. The van der Waals surface area contributed by atoms with Gasteiger partial charge in [-0.05, 0) is 30.7 Å². The molecule has 2 heterocycles. The Kier molecular flexibility index (Phi) is 4.90. The number of fused-ring (bicyclic) bond motifs is 1. The summed E-state index contributed by atoms with van der Waals surface area (Å²) in [7, 11) is 0. The smallest absolute Gasteiger partial charge is 0.261 e. The van der Waals surface area contributed by atoms with Gasteiger partial charge in [-0.25, -0.2) is 4.98 Å². The molecule has 0 aliphatic carbocycles. The average molecular weight is 389 g/mol. The van der Waals surface area contributed by atoms with Gasteiger partial charge < -0.3 is 9.84 Å². The van der Waals surface area contributed by atoms with Crippen LogP contribution in [0.3, 0.4) is 0 Å². The number of carbonyl (C=O) groups excluding carboxylic acids is 1. The second-order valence-electron chi connectivity index (χ2n) is 6.69. The summed E-state index contributed by atoms with van der Waals surface area (Å²) in [6.07, 6.45) is 1.61. The van der Waals surface area contributed by atoms with Crippen molar-refractivity contribution < 1.29 is 9.32 Å². The maximum Gasteiger partial charge on any atom is 0.261 e. The maximum atomic E-state index is 12.7. The van der Waals surface area contributed by atoms with E-state index in [9.17, 15) is 9.59 Å². The maximum absolute atomic E-state index is 12.7. The van der Waals surface area contributed by atoms with Crippen molar-refractivity contribution in [3.63, 3.8) is 0 Å². The van der Waals surface area contributed by atoms with Crippen LogP contribution in [0.1, 0.15) is 17.9 Å². The number of aromatic nitrogens is 4. The average Bonchev–Trinajstić information content (AvgIpc) is 3.14. The lowest BCUT2D eigenvalue weighted by atomic mass is 10.1. The Morgan fingerprint density at radius 3 is 2.76 bits per heavy atom. The topological polar surface area (TPSA) is 103 Å². The van der Waals surface area contributed by atoms with Crippen LogP contribution in [0.2, 0.25) is 0 Å². The van der Waals surface area contributed by atoms with Gasteiger partial charge in [0.25, 0.3) is 5.56 Å². The van der Waals surface area contributed by atoms with E-state index < -0.39 is 0 Å². The molecule has 0 saturated carbocycles. The van der Waals surface area contributed by atoms with Crippen molar-refractivity contribution in [3.05, 3.63) is 70.6 Å². The van der Waals surface area contributed by atoms with Crippen LogP contribution in [0.25, 0.3) is 22.3 Å². The van der Waals surface area contributed by atoms with E-state index >= 15 is 0 Å². The van der Waals surface area contributed by atoms with E-state index in [4.69, 9.17) is 4.52 Å². The summed E-state index contributed by atoms with van der Waals surface area (Å²) < 4.78 is 6.48. The molecule has 0 saturated heterocycles. The number of rotatable bonds is 5. The van der Waals surface area contributed by atoms with Gasteiger partial charge in [-0.1, -0.05) is 29.4 Å². The van der Waals surface area contributed by atoms with Crippen LogP contribution in [0, 0.1) is 13.8 Å². The molecule has 8 heteroatoms. The summed E-state index contributed by atoms with van der Waals surface area (Å²) in [5.41, 5.74) is 2.71. The first-order valence-electron chi connectivity index (χ1n) is 9.17. The molecule has 2 aromatic carbocycles. The van der Waals surface area contributed by atoms with Crippen molar-refractivity contribution in [1.29, 1.82) is 0 Å². The van der Waals surface area contributed by atoms with E-state index in [0.717, 1.165) is 5.56 Å². The molecule has 0 spiro atoms. The molecule has 4 aromatic rings. The molecule has 0 aliphatic heterocycles. The van der Waals surface area contributed by atoms with Crippen LogP contribution in [0.5, 0.6) is 0 Å². The van der Waals surface area contributed by atoms with Gasteiger partial charge in [0.2, 0.25) is 17.6 Å². The minimum Gasteiger partial charge on any atom is -0.339 e. The van der Waals surface area contributed by atoms with Crippen molar-refractivity contribution >= 4 is 22.5 Å². The zero-order valence-electron chi connectivity index (χ0n) is 16.0. The van der Waals surface area contributed by atoms with E-state index in [2.05, 4.69) is 20.4 Å². The number of hydrogen-bond acceptors (Lipinski definition) is 6. The van der Waals surface area contributed by atoms with Crippen molar-refractivity contribution in [1.82, 2.24) is 19.7 Å². The van der Waals surface area contributed by atoms with E-state index in [1.165, 1.54) is 10.9 Å². The van der Waals surface area contributed by atoms with Crippen molar-refractivity contribution in [2.24, 2.45) is 0 Å². The molecular weight excluding hydrogens is 370 g/mol. The van der Waals surface area contributed by atoms with Crippen molar-refractivity contribution in [3.8, 4) is 11.4 Å². The number of benzene rings is 2. The van der Waals surface area contributed by atoms with Gasteiger partial charge in [-0.15, -0.1) is 0 Å². The lowest BCUT2D eigenvalue weighted by molar-refractivity contribution is -0.116. The van der Waals surface area contributed by atoms with Crippen molar-refractivity contribution in [2.45, 2.75) is 26.8 Å². The lowest BCUT2D eigenvalue weighted by Crippen LogP contribution is -2.24. The molecule has 29 heavy (non-hydrogen) atoms. The van der Waals surface area contributed by atoms with Gasteiger partial charge in [-0.3, -0.25) is 14.2 Å². The summed E-state index contributed by atoms with van der Waals surface area (Å²) >= 11 is 0. The highest BCUT2D eigenvalue weighted by Gasteiger charge is 2.13. The van der Waals surface area contributed by atoms with Crippen LogP contribution in [-0.4, -0.2) is 25.6 Å². The Morgan fingerprint density at radius 2 is 1.97 bits per heavy atom. The third-order valence-corrected chi connectivity index (χ3v) is 4.60. The highest BCUT2D eigenvalue weighted by atomic mass is 16.5. The number of carbonyl (C=O) groups is 1. The molecule has 0 bridgehead atoms. The standard InChI is InChI=1S/C21H19N5O3/c1-13-6-5-8-16-19(13)22-12-26(21(16)28)11-10-18(27)24-17-9-4-3-7-15(17)20-23-14(2)29-25-20/h3-9,12H,10-11H2,1-2H3,(H,24,27). The van der Waals surface area contributed by atoms with Gasteiger partial charge in [0.15, 0.2) is 0 Å². The number of anilines is 1. The highest BCUT2D eigenvalue weighted by Crippen LogP contribution is 2.25. The predicted octanol–water partition coefficient (Wildman–Crippen LogP) is 3.09. The summed E-state index contributed by atoms with van der Waals surface area (Å²) in [4.78, 5) is 33.7. The fraction of sp³-hybridized carbons (Fsp3) is 0.190. The number of nitrogens with zero attached hydrogens (tertiary/aromatic N) is 4. The molecule has 2 aromatic heterocycles. The molecule has 1 amide bonds. The number of hydrogen-bond donors (Lipinski definition) is 1. The molecule has 0 aliphatic rings. The number of aryl methyl sites for hydroxylation is 3. The molecule has 0 atom stereocenters. The molecule has 0 radical (unpaired) electrons. The second kappa shape index (κ2) is 7.67. The Morgan fingerprint density at radius 1 is 1.14 bits per heavy atom. The third kappa shape index (κ3) is 3.77. The Balaban J connectivity index is 1.50. The molecule has 0 unspecified atom stereocenters. The summed E-state index contributed by atoms with van der Waals surface area (Å²) in [6.45, 7) is 3.84. The molecule has 146 valence electrons. The Labute approximate surface area is 166 Å². The summed E-state index contributed by atoms with van der Waals surface area (Å²) in [5.74, 6) is 0.622. The van der Waals surface area contributed by atoms with Gasteiger partial charge in [0.1, 0.15) is 0 Å². The largest absolute Gasteiger partial charge is 0.339 e. The zero-order valence-corrected chi connectivity index (χ0v) is 16.0. The first kappa shape index (κ1) is 18.5. The van der Waals surface area contributed by atoms with Gasteiger partial charge >= 0.3 is 0 Å². The minimum absolute atomic E-state index is 0.124. The predicted molar refractivity (Wildman–Crippen MR) is 108 cm³/mol. The third-order valence-electron chi connectivity index (χ3n) is 4.60. The first-order valence-corrected chi connectivity index (χ1v) is 9.17. The molecule has 0 fully saturated rings. The molecule has 8 nitrogen and oxygen atoms in total. The van der Waals surface area contributed by atoms with Gasteiger partial charge in [0.05, 0.1) is 22.9 Å². The fourth-order valence-corrected chi connectivity index (χ4v) is 3.13. The van der Waals surface area contributed by atoms with E-state index in [1.54, 1.807) is 25.1 Å².